The van der Waals surface area contributed by atoms with Crippen LogP contribution in [0.25, 0.3) is 0 Å². The fraction of sp³-hybridized carbons (Fsp3) is 0.250. The summed E-state index contributed by atoms with van der Waals surface area (Å²) >= 11 is 1.67. The smallest absolute Gasteiger partial charge is 0.246 e. The molecule has 0 saturated carbocycles. The minimum atomic E-state index is -0.623. The van der Waals surface area contributed by atoms with Crippen molar-refractivity contribution in [1.29, 1.82) is 0 Å². The Bertz CT molecular complexity index is 724. The Labute approximate surface area is 126 Å². The zero-order valence-electron chi connectivity index (χ0n) is 11.5. The van der Waals surface area contributed by atoms with Crippen molar-refractivity contribution in [2.75, 3.05) is 0 Å². The third-order valence-electron chi connectivity index (χ3n) is 3.85. The van der Waals surface area contributed by atoms with Gasteiger partial charge in [0.05, 0.1) is 16.6 Å². The summed E-state index contributed by atoms with van der Waals surface area (Å²) in [4.78, 5) is 13.1. The fourth-order valence-electron chi connectivity index (χ4n) is 2.89. The molecule has 0 fully saturated rings. The van der Waals surface area contributed by atoms with Gasteiger partial charge in [0.2, 0.25) is 6.23 Å². The van der Waals surface area contributed by atoms with Crippen LogP contribution in [-0.4, -0.2) is 22.7 Å². The summed E-state index contributed by atoms with van der Waals surface area (Å²) in [6.07, 6.45) is 0.187. The number of para-hydroxylation sites is 1. The Kier molecular flexibility index (Phi) is 2.82. The minimum absolute atomic E-state index is 0.0225. The molecule has 4 rings (SSSR count). The molecule has 4 nitrogen and oxygen atoms in total. The number of carbonyl (C=O) groups is 1. The molecule has 2 aliphatic heterocycles. The zero-order valence-corrected chi connectivity index (χ0v) is 12.3. The van der Waals surface area contributed by atoms with Gasteiger partial charge < -0.3 is 4.74 Å². The normalized spacial score (nSPS) is 23.1. The van der Waals surface area contributed by atoms with E-state index < -0.39 is 6.23 Å². The van der Waals surface area contributed by atoms with Gasteiger partial charge in [-0.3, -0.25) is 4.79 Å². The number of ether oxygens (including phenoxy) is 1. The first-order chi connectivity index (χ1) is 10.2. The summed E-state index contributed by atoms with van der Waals surface area (Å²) in [5.74, 6) is 0.771. The molecule has 1 aromatic carbocycles. The summed E-state index contributed by atoms with van der Waals surface area (Å²) in [5.41, 5.74) is 2.13. The average molecular weight is 298 g/mol. The maximum atomic E-state index is 11.9. The number of hydrogen-bond donors (Lipinski definition) is 0. The quantitative estimate of drug-likeness (QED) is 0.855. The second kappa shape index (κ2) is 4.70. The van der Waals surface area contributed by atoms with Gasteiger partial charge in [-0.05, 0) is 17.5 Å². The maximum absolute atomic E-state index is 11.9. The first-order valence-electron chi connectivity index (χ1n) is 6.90. The van der Waals surface area contributed by atoms with E-state index in [-0.39, 0.29) is 11.8 Å². The highest BCUT2D eigenvalue weighted by Gasteiger charge is 2.42. The van der Waals surface area contributed by atoms with Crippen molar-refractivity contribution in [3.63, 3.8) is 0 Å². The van der Waals surface area contributed by atoms with Gasteiger partial charge in [-0.1, -0.05) is 24.3 Å². The SMILES string of the molecule is CC(=O)C1Oc2ccccc2C2CC(c3cccs3)=NN12. The van der Waals surface area contributed by atoms with E-state index in [1.54, 1.807) is 18.3 Å². The molecule has 2 atom stereocenters. The van der Waals surface area contributed by atoms with E-state index in [0.29, 0.717) is 0 Å². The topological polar surface area (TPSA) is 41.9 Å². The molecule has 1 aromatic heterocycles. The Balaban J connectivity index is 1.78. The van der Waals surface area contributed by atoms with Crippen LogP contribution >= 0.6 is 11.3 Å². The number of fused-ring (bicyclic) bond motifs is 3. The van der Waals surface area contributed by atoms with Crippen LogP contribution in [0.4, 0.5) is 0 Å². The highest BCUT2D eigenvalue weighted by atomic mass is 32.1. The minimum Gasteiger partial charge on any atom is -0.461 e. The molecule has 5 heteroatoms. The number of Topliss-reactive ketones (excluding diaryl/α,β-unsaturated/α-hetero) is 1. The van der Waals surface area contributed by atoms with Gasteiger partial charge in [-0.15, -0.1) is 11.3 Å². The van der Waals surface area contributed by atoms with Crippen molar-refractivity contribution in [3.05, 3.63) is 52.2 Å². The van der Waals surface area contributed by atoms with E-state index in [1.807, 2.05) is 34.7 Å². The Morgan fingerprint density at radius 3 is 2.95 bits per heavy atom. The van der Waals surface area contributed by atoms with E-state index in [2.05, 4.69) is 17.2 Å². The number of thiophene rings is 1. The Morgan fingerprint density at radius 1 is 1.33 bits per heavy atom. The molecule has 21 heavy (non-hydrogen) atoms. The predicted octanol–water partition coefficient (Wildman–Crippen LogP) is 3.21. The van der Waals surface area contributed by atoms with E-state index in [0.717, 1.165) is 28.3 Å². The fourth-order valence-corrected chi connectivity index (χ4v) is 3.62. The average Bonchev–Trinajstić information content (AvgIpc) is 3.15. The second-order valence-electron chi connectivity index (χ2n) is 5.24. The lowest BCUT2D eigenvalue weighted by atomic mass is 9.98. The van der Waals surface area contributed by atoms with E-state index in [1.165, 1.54) is 0 Å². The van der Waals surface area contributed by atoms with Gasteiger partial charge in [0, 0.05) is 18.9 Å². The lowest BCUT2D eigenvalue weighted by molar-refractivity contribution is -0.135. The van der Waals surface area contributed by atoms with Crippen LogP contribution in [0.1, 0.15) is 29.8 Å². The molecule has 0 radical (unpaired) electrons. The zero-order chi connectivity index (χ0) is 14.4. The van der Waals surface area contributed by atoms with E-state index >= 15 is 0 Å². The lowest BCUT2D eigenvalue weighted by Crippen LogP contribution is -2.44. The van der Waals surface area contributed by atoms with Crippen LogP contribution in [-0.2, 0) is 4.79 Å². The van der Waals surface area contributed by atoms with Crippen molar-refractivity contribution >= 4 is 22.8 Å². The number of hydrazone groups is 1. The summed E-state index contributed by atoms with van der Waals surface area (Å²) in [7, 11) is 0. The van der Waals surface area contributed by atoms with Crippen LogP contribution in [0, 0.1) is 0 Å². The van der Waals surface area contributed by atoms with Crippen LogP contribution in [0.15, 0.2) is 46.9 Å². The van der Waals surface area contributed by atoms with Crippen LogP contribution in [0.2, 0.25) is 0 Å². The number of rotatable bonds is 2. The molecule has 0 saturated heterocycles. The summed E-state index contributed by atoms with van der Waals surface area (Å²) < 4.78 is 5.85. The summed E-state index contributed by atoms with van der Waals surface area (Å²) in [5, 5.41) is 8.53. The van der Waals surface area contributed by atoms with Crippen LogP contribution in [0.3, 0.4) is 0 Å². The first-order valence-corrected chi connectivity index (χ1v) is 7.78. The van der Waals surface area contributed by atoms with Gasteiger partial charge in [0.25, 0.3) is 0 Å². The highest BCUT2D eigenvalue weighted by molar-refractivity contribution is 7.12. The molecular weight excluding hydrogens is 284 g/mol. The van der Waals surface area contributed by atoms with Gasteiger partial charge >= 0.3 is 0 Å². The summed E-state index contributed by atoms with van der Waals surface area (Å²) in [6.45, 7) is 1.55. The van der Waals surface area contributed by atoms with Crippen LogP contribution in [0.5, 0.6) is 5.75 Å². The molecule has 0 amide bonds. The number of benzene rings is 1. The van der Waals surface area contributed by atoms with Crippen molar-refractivity contribution < 1.29 is 9.53 Å². The molecular formula is C16H14N2O2S. The number of nitrogens with zero attached hydrogens (tertiary/aromatic N) is 2. The molecule has 0 N–H and O–H groups in total. The van der Waals surface area contributed by atoms with Gasteiger partial charge in [-0.2, -0.15) is 5.10 Å². The number of ketones is 1. The van der Waals surface area contributed by atoms with Gasteiger partial charge in [0.1, 0.15) is 5.75 Å². The molecule has 2 unspecified atom stereocenters. The molecule has 0 aliphatic carbocycles. The van der Waals surface area contributed by atoms with Crippen LogP contribution < -0.4 is 4.74 Å². The van der Waals surface area contributed by atoms with Crippen molar-refractivity contribution in [2.45, 2.75) is 25.6 Å². The lowest BCUT2D eigenvalue weighted by Gasteiger charge is -2.36. The molecule has 0 bridgehead atoms. The predicted molar refractivity (Wildman–Crippen MR) is 81.6 cm³/mol. The van der Waals surface area contributed by atoms with Gasteiger partial charge in [0.15, 0.2) is 5.78 Å². The third-order valence-corrected chi connectivity index (χ3v) is 4.77. The maximum Gasteiger partial charge on any atom is 0.246 e. The Morgan fingerprint density at radius 2 is 2.19 bits per heavy atom. The number of carbonyl (C=O) groups excluding carboxylic acids is 1. The Hall–Kier alpha value is -2.14. The molecule has 3 heterocycles. The second-order valence-corrected chi connectivity index (χ2v) is 6.19. The van der Waals surface area contributed by atoms with Gasteiger partial charge in [-0.25, -0.2) is 5.01 Å². The molecule has 106 valence electrons. The molecule has 0 spiro atoms. The number of hydrogen-bond acceptors (Lipinski definition) is 5. The van der Waals surface area contributed by atoms with Crippen molar-refractivity contribution in [3.8, 4) is 5.75 Å². The molecule has 2 aromatic rings. The summed E-state index contributed by atoms with van der Waals surface area (Å²) in [6, 6.07) is 12.1. The largest absolute Gasteiger partial charge is 0.461 e. The van der Waals surface area contributed by atoms with E-state index in [4.69, 9.17) is 4.74 Å². The standard InChI is InChI=1S/C16H14N2O2S/c1-10(19)16-18-13(11-5-2-3-6-14(11)20-16)9-12(17-18)15-7-4-8-21-15/h2-8,13,16H,9H2,1H3. The monoisotopic (exact) mass is 298 g/mol. The third kappa shape index (κ3) is 1.96. The van der Waals surface area contributed by atoms with Crippen molar-refractivity contribution in [1.82, 2.24) is 5.01 Å². The highest BCUT2D eigenvalue weighted by Crippen LogP contribution is 2.43. The first kappa shape index (κ1) is 12.6. The van der Waals surface area contributed by atoms with Crippen molar-refractivity contribution in [2.24, 2.45) is 5.10 Å². The molecule has 2 aliphatic rings. The van der Waals surface area contributed by atoms with E-state index in [9.17, 15) is 4.79 Å².